The number of unbranched alkanes of at least 4 members (excludes halogenated alkanes) is 1. The third kappa shape index (κ3) is 5.34. The third-order valence-electron chi connectivity index (χ3n) is 4.29. The first-order valence-electron chi connectivity index (χ1n) is 9.02. The largest absolute Gasteiger partial charge is 0.508 e. The van der Waals surface area contributed by atoms with Gasteiger partial charge in [-0.3, -0.25) is 4.99 Å². The molecule has 0 saturated carbocycles. The maximum Gasteiger partial charge on any atom is 0.416 e. The molecule has 0 aliphatic heterocycles. The van der Waals surface area contributed by atoms with Gasteiger partial charge in [-0.1, -0.05) is 31.5 Å². The topological polar surface area (TPSA) is 57.0 Å². The molecule has 4 nitrogen and oxygen atoms in total. The molecule has 0 spiro atoms. The van der Waals surface area contributed by atoms with Gasteiger partial charge >= 0.3 is 6.18 Å². The molecule has 0 bridgehead atoms. The predicted octanol–water partition coefficient (Wildman–Crippen LogP) is 5.58. The van der Waals surface area contributed by atoms with Gasteiger partial charge in [0, 0.05) is 17.8 Å². The molecule has 0 aliphatic carbocycles. The van der Waals surface area contributed by atoms with Crippen LogP contribution in [0.4, 0.5) is 18.9 Å². The summed E-state index contributed by atoms with van der Waals surface area (Å²) in [5.74, 6) is 0.231. The van der Waals surface area contributed by atoms with Gasteiger partial charge in [-0.15, -0.1) is 0 Å². The molecular weight excluding hydrogens is 367 g/mol. The number of aryl methyl sites for hydroxylation is 1. The van der Waals surface area contributed by atoms with Crippen molar-refractivity contribution in [1.82, 2.24) is 0 Å². The number of phenolic OH excluding ortho intramolecular Hbond substituents is 1. The van der Waals surface area contributed by atoms with Crippen molar-refractivity contribution in [2.45, 2.75) is 39.4 Å². The number of hydrogen-bond donors (Lipinski definition) is 2. The normalized spacial score (nSPS) is 12.1. The average molecular weight is 391 g/mol. The smallest absolute Gasteiger partial charge is 0.416 e. The minimum Gasteiger partial charge on any atom is -0.508 e. The van der Waals surface area contributed by atoms with Gasteiger partial charge in [-0.05, 0) is 49.4 Å². The van der Waals surface area contributed by atoms with E-state index in [9.17, 15) is 18.3 Å². The second-order valence-electron chi connectivity index (χ2n) is 6.42. The van der Waals surface area contributed by atoms with Crippen LogP contribution in [0.1, 0.15) is 42.0 Å². The second kappa shape index (κ2) is 9.39. The molecule has 0 fully saturated rings. The number of amidine groups is 1. The van der Waals surface area contributed by atoms with Crippen LogP contribution in [0.15, 0.2) is 46.4 Å². The van der Waals surface area contributed by atoms with Crippen LogP contribution in [0.25, 0.3) is 0 Å². The van der Waals surface area contributed by atoms with E-state index >= 15 is 0 Å². The van der Waals surface area contributed by atoms with Gasteiger partial charge in [0.15, 0.2) is 5.84 Å². The van der Waals surface area contributed by atoms with Crippen LogP contribution < -0.4 is 5.32 Å². The van der Waals surface area contributed by atoms with Gasteiger partial charge in [0.1, 0.15) is 5.75 Å². The highest BCUT2D eigenvalue weighted by Crippen LogP contribution is 2.32. The Balaban J connectivity index is 2.40. The van der Waals surface area contributed by atoms with Crippen molar-refractivity contribution in [3.63, 3.8) is 0 Å². The van der Waals surface area contributed by atoms with Crippen LogP contribution in [-0.2, 0) is 12.7 Å². The standard InChI is InChI=1S/C21H24F3N3O/c1-4-5-10-26-18-11-14(2)19(28)12-16(18)20(25-3)27-13-15-8-6-7-9-17(15)21(22,23)24/h6-9,11-12,26,28H,3-5,10,13H2,1-2H3. The average Bonchev–Trinajstić information content (AvgIpc) is 2.65. The van der Waals surface area contributed by atoms with Crippen LogP contribution in [0.5, 0.6) is 5.75 Å². The Kier molecular flexibility index (Phi) is 7.20. The summed E-state index contributed by atoms with van der Waals surface area (Å²) in [6.07, 6.45) is -2.50. The molecule has 0 aliphatic rings. The number of hydrogen-bond acceptors (Lipinski definition) is 3. The SMILES string of the molecule is C=NC(=NCc1ccccc1C(F)(F)F)c1cc(O)c(C)cc1NCCCC. The van der Waals surface area contributed by atoms with Gasteiger partial charge in [-0.2, -0.15) is 13.2 Å². The number of aromatic hydroxyl groups is 1. The number of alkyl halides is 3. The Labute approximate surface area is 162 Å². The number of halogens is 3. The minimum absolute atomic E-state index is 0.0491. The Bertz CT molecular complexity index is 860. The quantitative estimate of drug-likeness (QED) is 0.280. The molecule has 2 aromatic carbocycles. The number of anilines is 1. The molecule has 0 radical (unpaired) electrons. The Morgan fingerprint density at radius 1 is 1.21 bits per heavy atom. The Hall–Kier alpha value is -2.83. The van der Waals surface area contributed by atoms with Gasteiger partial charge in [0.2, 0.25) is 0 Å². The van der Waals surface area contributed by atoms with Crippen molar-refractivity contribution >= 4 is 18.2 Å². The Morgan fingerprint density at radius 2 is 1.93 bits per heavy atom. The maximum absolute atomic E-state index is 13.2. The summed E-state index contributed by atoms with van der Waals surface area (Å²) >= 11 is 0. The van der Waals surface area contributed by atoms with Gasteiger partial charge < -0.3 is 10.4 Å². The molecule has 28 heavy (non-hydrogen) atoms. The van der Waals surface area contributed by atoms with Crippen molar-refractivity contribution in [1.29, 1.82) is 0 Å². The molecule has 0 unspecified atom stereocenters. The van der Waals surface area contributed by atoms with Gasteiger partial charge in [0.25, 0.3) is 0 Å². The fourth-order valence-corrected chi connectivity index (χ4v) is 2.74. The molecule has 0 atom stereocenters. The second-order valence-corrected chi connectivity index (χ2v) is 6.42. The van der Waals surface area contributed by atoms with Crippen molar-refractivity contribution < 1.29 is 18.3 Å². The van der Waals surface area contributed by atoms with Crippen LogP contribution in [0, 0.1) is 6.92 Å². The number of nitrogens with one attached hydrogen (secondary N) is 1. The zero-order chi connectivity index (χ0) is 20.7. The highest BCUT2D eigenvalue weighted by molar-refractivity contribution is 6.06. The van der Waals surface area contributed by atoms with Gasteiger partial charge in [0.05, 0.1) is 12.1 Å². The van der Waals surface area contributed by atoms with E-state index in [1.807, 2.05) is 0 Å². The molecule has 2 N–H and O–H groups in total. The zero-order valence-electron chi connectivity index (χ0n) is 16.0. The molecule has 0 aromatic heterocycles. The van der Waals surface area contributed by atoms with E-state index in [4.69, 9.17) is 0 Å². The molecule has 0 amide bonds. The lowest BCUT2D eigenvalue weighted by molar-refractivity contribution is -0.138. The van der Waals surface area contributed by atoms with E-state index in [0.29, 0.717) is 16.8 Å². The lowest BCUT2D eigenvalue weighted by atomic mass is 10.1. The van der Waals surface area contributed by atoms with E-state index in [-0.39, 0.29) is 23.7 Å². The summed E-state index contributed by atoms with van der Waals surface area (Å²) in [6.45, 7) is 7.85. The first-order chi connectivity index (χ1) is 13.3. The molecule has 2 aromatic rings. The highest BCUT2D eigenvalue weighted by Gasteiger charge is 2.32. The zero-order valence-corrected chi connectivity index (χ0v) is 16.0. The molecule has 0 heterocycles. The number of rotatable bonds is 7. The molecular formula is C21H24F3N3O. The Morgan fingerprint density at radius 3 is 2.57 bits per heavy atom. The summed E-state index contributed by atoms with van der Waals surface area (Å²) in [7, 11) is 0. The molecule has 0 saturated heterocycles. The van der Waals surface area contributed by atoms with Crippen molar-refractivity contribution in [3.8, 4) is 5.75 Å². The summed E-state index contributed by atoms with van der Waals surface area (Å²) < 4.78 is 39.6. The number of phenols is 1. The number of nitrogens with zero attached hydrogens (tertiary/aromatic N) is 2. The van der Waals surface area contributed by atoms with Crippen molar-refractivity contribution in [3.05, 3.63) is 58.7 Å². The summed E-state index contributed by atoms with van der Waals surface area (Å²) in [5.41, 5.74) is 1.20. The highest BCUT2D eigenvalue weighted by atomic mass is 19.4. The van der Waals surface area contributed by atoms with Crippen molar-refractivity contribution in [2.75, 3.05) is 11.9 Å². The van der Waals surface area contributed by atoms with Gasteiger partial charge in [-0.25, -0.2) is 4.99 Å². The van der Waals surface area contributed by atoms with E-state index in [0.717, 1.165) is 25.5 Å². The van der Waals surface area contributed by atoms with E-state index in [1.165, 1.54) is 24.3 Å². The fourth-order valence-electron chi connectivity index (χ4n) is 2.74. The third-order valence-corrected chi connectivity index (χ3v) is 4.29. The fraction of sp³-hybridized carbons (Fsp3) is 0.333. The summed E-state index contributed by atoms with van der Waals surface area (Å²) in [6, 6.07) is 8.58. The lowest BCUT2D eigenvalue weighted by Crippen LogP contribution is -2.10. The van der Waals surface area contributed by atoms with E-state index in [2.05, 4.69) is 28.9 Å². The molecule has 7 heteroatoms. The monoisotopic (exact) mass is 391 g/mol. The van der Waals surface area contributed by atoms with E-state index < -0.39 is 11.7 Å². The first-order valence-corrected chi connectivity index (χ1v) is 9.02. The minimum atomic E-state index is -4.46. The van der Waals surface area contributed by atoms with Crippen LogP contribution >= 0.6 is 0 Å². The maximum atomic E-state index is 13.2. The van der Waals surface area contributed by atoms with E-state index in [1.54, 1.807) is 13.0 Å². The lowest BCUT2D eigenvalue weighted by Gasteiger charge is -2.15. The summed E-state index contributed by atoms with van der Waals surface area (Å²) in [5, 5.41) is 13.4. The molecule has 150 valence electrons. The van der Waals surface area contributed by atoms with Crippen LogP contribution in [0.3, 0.4) is 0 Å². The van der Waals surface area contributed by atoms with Crippen molar-refractivity contribution in [2.24, 2.45) is 9.98 Å². The first kappa shape index (κ1) is 21.5. The molecule has 2 rings (SSSR count). The number of aliphatic imine (C=N–C) groups is 2. The number of benzene rings is 2. The predicted molar refractivity (Wildman–Crippen MR) is 107 cm³/mol. The summed E-state index contributed by atoms with van der Waals surface area (Å²) in [4.78, 5) is 8.15. The van der Waals surface area contributed by atoms with Crippen LogP contribution in [0.2, 0.25) is 0 Å². The van der Waals surface area contributed by atoms with Crippen LogP contribution in [-0.4, -0.2) is 24.2 Å².